The molecule has 136 valence electrons. The third-order valence-electron chi connectivity index (χ3n) is 5.46. The number of hydrogen-bond acceptors (Lipinski definition) is 4. The van der Waals surface area contributed by atoms with Crippen LogP contribution < -0.4 is 10.6 Å². The van der Waals surface area contributed by atoms with Gasteiger partial charge >= 0.3 is 0 Å². The van der Waals surface area contributed by atoms with Crippen LogP contribution in [0.15, 0.2) is 4.99 Å². The van der Waals surface area contributed by atoms with Gasteiger partial charge < -0.3 is 15.5 Å². The standard InChI is InChI=1S/C17H32N6O/c1-21(2)16(24)12-19-17(20-14-5-3-4-6-14)18-11-15-13-22-7-9-23(15)10-8-22/h14-15H,3-13H2,1-2H3,(H2,18,19,20). The van der Waals surface area contributed by atoms with Crippen LogP contribution in [0.3, 0.4) is 0 Å². The Labute approximate surface area is 145 Å². The van der Waals surface area contributed by atoms with Crippen LogP contribution in [0.4, 0.5) is 0 Å². The first kappa shape index (κ1) is 17.5. The van der Waals surface area contributed by atoms with E-state index in [-0.39, 0.29) is 12.5 Å². The fraction of sp³-hybridized carbons (Fsp3) is 0.882. The first-order valence-corrected chi connectivity index (χ1v) is 9.33. The highest BCUT2D eigenvalue weighted by Gasteiger charge is 2.31. The molecule has 7 heteroatoms. The molecule has 0 radical (unpaired) electrons. The van der Waals surface area contributed by atoms with Crippen molar-refractivity contribution in [3.8, 4) is 0 Å². The zero-order valence-corrected chi connectivity index (χ0v) is 15.1. The average Bonchev–Trinajstić information content (AvgIpc) is 3.11. The summed E-state index contributed by atoms with van der Waals surface area (Å²) in [5, 5.41) is 7.03. The van der Waals surface area contributed by atoms with E-state index in [1.165, 1.54) is 51.9 Å². The lowest BCUT2D eigenvalue weighted by Crippen LogP contribution is -2.64. The smallest absolute Gasteiger partial charge is 0.243 e. The predicted molar refractivity (Wildman–Crippen MR) is 96.2 cm³/mol. The minimum absolute atomic E-state index is 0.0362. The van der Waals surface area contributed by atoms with Crippen LogP contribution >= 0.6 is 0 Å². The number of guanidine groups is 1. The van der Waals surface area contributed by atoms with Crippen molar-refractivity contribution < 1.29 is 4.79 Å². The largest absolute Gasteiger partial charge is 0.355 e. The summed E-state index contributed by atoms with van der Waals surface area (Å²) >= 11 is 0. The summed E-state index contributed by atoms with van der Waals surface area (Å²) in [5.41, 5.74) is 0. The van der Waals surface area contributed by atoms with Gasteiger partial charge in [-0.3, -0.25) is 14.6 Å². The highest BCUT2D eigenvalue weighted by atomic mass is 16.2. The van der Waals surface area contributed by atoms with E-state index in [0.717, 1.165) is 19.0 Å². The Bertz CT molecular complexity index is 452. The molecule has 7 nitrogen and oxygen atoms in total. The van der Waals surface area contributed by atoms with Gasteiger partial charge in [0.05, 0.1) is 0 Å². The lowest BCUT2D eigenvalue weighted by molar-refractivity contribution is -0.127. The fourth-order valence-electron chi connectivity index (χ4n) is 3.84. The fourth-order valence-corrected chi connectivity index (χ4v) is 3.84. The van der Waals surface area contributed by atoms with Crippen molar-refractivity contribution in [1.29, 1.82) is 0 Å². The molecule has 3 aliphatic heterocycles. The molecule has 4 aliphatic rings. The summed E-state index contributed by atoms with van der Waals surface area (Å²) in [6, 6.07) is 1.05. The van der Waals surface area contributed by atoms with E-state index in [0.29, 0.717) is 12.1 Å². The molecule has 0 aromatic carbocycles. The summed E-state index contributed by atoms with van der Waals surface area (Å²) in [6.07, 6.45) is 4.97. The monoisotopic (exact) mass is 336 g/mol. The maximum Gasteiger partial charge on any atom is 0.243 e. The second-order valence-electron chi connectivity index (χ2n) is 7.45. The van der Waals surface area contributed by atoms with Gasteiger partial charge in [0.1, 0.15) is 6.54 Å². The third kappa shape index (κ3) is 4.60. The number of aliphatic imine (C=N–C) groups is 1. The summed E-state index contributed by atoms with van der Waals surface area (Å²) in [4.78, 5) is 23.1. The van der Waals surface area contributed by atoms with Crippen molar-refractivity contribution in [1.82, 2.24) is 25.3 Å². The second-order valence-corrected chi connectivity index (χ2v) is 7.45. The molecular formula is C17H32N6O. The lowest BCUT2D eigenvalue weighted by Gasteiger charge is -2.47. The van der Waals surface area contributed by atoms with Gasteiger partial charge in [0.25, 0.3) is 0 Å². The summed E-state index contributed by atoms with van der Waals surface area (Å²) in [6.45, 7) is 6.99. The van der Waals surface area contributed by atoms with E-state index in [2.05, 4.69) is 25.4 Å². The van der Waals surface area contributed by atoms with Crippen LogP contribution in [0.5, 0.6) is 0 Å². The number of likely N-dealkylation sites (N-methyl/N-ethyl adjacent to an activating group) is 1. The average molecular weight is 336 g/mol. The zero-order valence-electron chi connectivity index (χ0n) is 15.1. The first-order valence-electron chi connectivity index (χ1n) is 9.33. The van der Waals surface area contributed by atoms with Crippen molar-refractivity contribution in [3.05, 3.63) is 0 Å². The molecule has 4 fully saturated rings. The van der Waals surface area contributed by atoms with E-state index in [4.69, 9.17) is 0 Å². The van der Waals surface area contributed by atoms with E-state index in [1.54, 1.807) is 19.0 Å². The Morgan fingerprint density at radius 1 is 1.17 bits per heavy atom. The molecule has 1 unspecified atom stereocenters. The molecule has 0 aromatic rings. The zero-order chi connectivity index (χ0) is 16.9. The minimum atomic E-state index is 0.0362. The first-order chi connectivity index (χ1) is 11.6. The van der Waals surface area contributed by atoms with Crippen molar-refractivity contribution in [2.75, 3.05) is 59.9 Å². The van der Waals surface area contributed by atoms with Gasteiger partial charge in [-0.15, -0.1) is 0 Å². The highest BCUT2D eigenvalue weighted by molar-refractivity contribution is 5.85. The van der Waals surface area contributed by atoms with Crippen LogP contribution in [0.25, 0.3) is 0 Å². The Morgan fingerprint density at radius 3 is 2.46 bits per heavy atom. The van der Waals surface area contributed by atoms with Gasteiger partial charge in [-0.25, -0.2) is 4.99 Å². The van der Waals surface area contributed by atoms with Crippen LogP contribution in [-0.2, 0) is 4.79 Å². The highest BCUT2D eigenvalue weighted by Crippen LogP contribution is 2.18. The maximum atomic E-state index is 11.8. The van der Waals surface area contributed by atoms with Crippen LogP contribution in [0.1, 0.15) is 25.7 Å². The van der Waals surface area contributed by atoms with Gasteiger partial charge in [-0.1, -0.05) is 12.8 Å². The number of carbonyl (C=O) groups excluding carboxylic acids is 1. The van der Waals surface area contributed by atoms with E-state index in [1.807, 2.05) is 0 Å². The number of nitrogens with one attached hydrogen (secondary N) is 2. The molecule has 2 bridgehead atoms. The summed E-state index contributed by atoms with van der Waals surface area (Å²) < 4.78 is 0. The summed E-state index contributed by atoms with van der Waals surface area (Å²) in [5.74, 6) is 0.837. The number of nitrogens with zero attached hydrogens (tertiary/aromatic N) is 4. The molecule has 0 aromatic heterocycles. The molecule has 0 spiro atoms. The number of hydrogen-bond donors (Lipinski definition) is 2. The molecule has 4 rings (SSSR count). The number of carbonyl (C=O) groups is 1. The quantitative estimate of drug-likeness (QED) is 0.526. The molecule has 2 N–H and O–H groups in total. The number of rotatable bonds is 5. The SMILES string of the molecule is CN(C)C(=O)CN=C(NCC1CN2CCN1CC2)NC1CCCC1. The molecule has 1 saturated carbocycles. The molecule has 1 aliphatic carbocycles. The third-order valence-corrected chi connectivity index (χ3v) is 5.46. The molecular weight excluding hydrogens is 304 g/mol. The van der Waals surface area contributed by atoms with E-state index < -0.39 is 0 Å². The van der Waals surface area contributed by atoms with Gasteiger partial charge in [0.15, 0.2) is 5.96 Å². The van der Waals surface area contributed by atoms with Gasteiger partial charge in [-0.2, -0.15) is 0 Å². The maximum absolute atomic E-state index is 11.8. The Hall–Kier alpha value is -1.34. The van der Waals surface area contributed by atoms with Crippen molar-refractivity contribution >= 4 is 11.9 Å². The summed E-state index contributed by atoms with van der Waals surface area (Å²) in [7, 11) is 3.55. The van der Waals surface area contributed by atoms with Crippen LogP contribution in [0, 0.1) is 0 Å². The van der Waals surface area contributed by atoms with E-state index >= 15 is 0 Å². The van der Waals surface area contributed by atoms with Crippen LogP contribution in [-0.4, -0.2) is 98.6 Å². The van der Waals surface area contributed by atoms with Gasteiger partial charge in [0.2, 0.25) is 5.91 Å². The van der Waals surface area contributed by atoms with Gasteiger partial charge in [0, 0.05) is 65.4 Å². The molecule has 24 heavy (non-hydrogen) atoms. The second kappa shape index (κ2) is 8.16. The molecule has 3 heterocycles. The van der Waals surface area contributed by atoms with Crippen LogP contribution in [0.2, 0.25) is 0 Å². The number of fused-ring (bicyclic) bond motifs is 3. The minimum Gasteiger partial charge on any atom is -0.355 e. The lowest BCUT2D eigenvalue weighted by atomic mass is 10.1. The van der Waals surface area contributed by atoms with Crippen molar-refractivity contribution in [3.63, 3.8) is 0 Å². The Balaban J connectivity index is 1.54. The van der Waals surface area contributed by atoms with Gasteiger partial charge in [-0.05, 0) is 12.8 Å². The predicted octanol–water partition coefficient (Wildman–Crippen LogP) is -0.448. The molecule has 3 saturated heterocycles. The topological polar surface area (TPSA) is 63.2 Å². The normalized spacial score (nSPS) is 30.4. The van der Waals surface area contributed by atoms with Crippen molar-refractivity contribution in [2.45, 2.75) is 37.8 Å². The molecule has 1 amide bonds. The molecule has 1 atom stereocenters. The Kier molecular flexibility index (Phi) is 5.94. The number of piperazine rings is 3. The van der Waals surface area contributed by atoms with Crippen molar-refractivity contribution in [2.24, 2.45) is 4.99 Å². The van der Waals surface area contributed by atoms with E-state index in [9.17, 15) is 4.79 Å². The number of amides is 1. The Morgan fingerprint density at radius 2 is 1.88 bits per heavy atom.